The fourth-order valence-electron chi connectivity index (χ4n) is 7.87. The average molecular weight is 320 g/mol. The van der Waals surface area contributed by atoms with Crippen molar-refractivity contribution in [1.29, 1.82) is 0 Å². The molecule has 23 heavy (non-hydrogen) atoms. The Bertz CT molecular complexity index is 502. The molecule has 0 aliphatic heterocycles. The molecule has 0 aromatic carbocycles. The van der Waals surface area contributed by atoms with Crippen LogP contribution in [0.15, 0.2) is 0 Å². The van der Waals surface area contributed by atoms with Crippen LogP contribution in [-0.4, -0.2) is 12.0 Å². The van der Waals surface area contributed by atoms with Gasteiger partial charge in [0.1, 0.15) is 12.0 Å². The first-order valence-electron chi connectivity index (χ1n) is 10.0. The van der Waals surface area contributed by atoms with Crippen LogP contribution in [0.4, 0.5) is 4.39 Å². The summed E-state index contributed by atoms with van der Waals surface area (Å²) in [5, 5.41) is 0. The number of hydrogen-bond acceptors (Lipinski definition) is 1. The largest absolute Gasteiger partial charge is 0.300 e. The third-order valence-corrected chi connectivity index (χ3v) is 9.09. The van der Waals surface area contributed by atoms with E-state index >= 15 is 0 Å². The van der Waals surface area contributed by atoms with Crippen LogP contribution in [0.25, 0.3) is 0 Å². The molecule has 4 aliphatic carbocycles. The van der Waals surface area contributed by atoms with Crippen LogP contribution in [0.5, 0.6) is 0 Å². The minimum absolute atomic E-state index is 0.257. The molecule has 0 saturated heterocycles. The van der Waals surface area contributed by atoms with Crippen LogP contribution in [0.1, 0.15) is 78.6 Å². The first-order valence-corrected chi connectivity index (χ1v) is 10.0. The van der Waals surface area contributed by atoms with Gasteiger partial charge in [0.15, 0.2) is 0 Å². The molecule has 0 bridgehead atoms. The van der Waals surface area contributed by atoms with Crippen molar-refractivity contribution in [3.8, 4) is 0 Å². The van der Waals surface area contributed by atoms with E-state index in [1.54, 1.807) is 0 Å². The zero-order chi connectivity index (χ0) is 16.4. The van der Waals surface area contributed by atoms with E-state index in [0.29, 0.717) is 23.0 Å². The van der Waals surface area contributed by atoms with Gasteiger partial charge in [-0.25, -0.2) is 4.39 Å². The third-order valence-electron chi connectivity index (χ3n) is 9.09. The van der Waals surface area contributed by atoms with Crippen molar-refractivity contribution in [1.82, 2.24) is 0 Å². The Hall–Kier alpha value is -0.400. The third kappa shape index (κ3) is 2.19. The smallest absolute Gasteiger partial charge is 0.133 e. The summed E-state index contributed by atoms with van der Waals surface area (Å²) in [5.74, 6) is 3.68. The number of rotatable bonds is 1. The zero-order valence-electron chi connectivity index (χ0n) is 15.1. The summed E-state index contributed by atoms with van der Waals surface area (Å²) in [6.45, 7) is 6.71. The molecule has 130 valence electrons. The number of hydrogen-bond donors (Lipinski definition) is 0. The zero-order valence-corrected chi connectivity index (χ0v) is 15.1. The van der Waals surface area contributed by atoms with Gasteiger partial charge in [-0.3, -0.25) is 4.79 Å². The van der Waals surface area contributed by atoms with Gasteiger partial charge in [-0.2, -0.15) is 0 Å². The average Bonchev–Trinajstić information content (AvgIpc) is 2.85. The van der Waals surface area contributed by atoms with Crippen molar-refractivity contribution in [2.75, 3.05) is 0 Å². The first-order chi connectivity index (χ1) is 10.9. The van der Waals surface area contributed by atoms with Crippen molar-refractivity contribution in [3.05, 3.63) is 0 Å². The molecule has 0 amide bonds. The standard InChI is InChI=1S/C21H33FO/c1-13(23)17-6-7-18-16-5-4-14-12-15(22)8-10-20(14,2)19(16)9-11-21(17,18)3/h14-19H,4-12H2,1-3H3/t14-,15+,16?,17-,18?,19?,20+,21-/m1/s1. The van der Waals surface area contributed by atoms with Crippen molar-refractivity contribution in [3.63, 3.8) is 0 Å². The van der Waals surface area contributed by atoms with Crippen molar-refractivity contribution in [2.24, 2.45) is 40.4 Å². The molecule has 2 heteroatoms. The second-order valence-electron chi connectivity index (χ2n) is 9.81. The van der Waals surface area contributed by atoms with Crippen molar-refractivity contribution < 1.29 is 9.18 Å². The normalized spacial score (nSPS) is 55.7. The molecular weight excluding hydrogens is 287 g/mol. The maximum atomic E-state index is 13.9. The Morgan fingerprint density at radius 1 is 0.913 bits per heavy atom. The number of Topliss-reactive ketones (excluding diaryl/α,β-unsaturated/α-hetero) is 1. The predicted octanol–water partition coefficient (Wildman–Crippen LogP) is 5.57. The van der Waals surface area contributed by atoms with Gasteiger partial charge < -0.3 is 0 Å². The highest BCUT2D eigenvalue weighted by Gasteiger charge is 2.60. The van der Waals surface area contributed by atoms with Crippen LogP contribution >= 0.6 is 0 Å². The lowest BCUT2D eigenvalue weighted by molar-refractivity contribution is -0.135. The molecule has 4 aliphatic rings. The van der Waals surface area contributed by atoms with Gasteiger partial charge in [0.25, 0.3) is 0 Å². The summed E-state index contributed by atoms with van der Waals surface area (Å²) in [6.07, 6.45) is 9.56. The molecule has 0 aromatic heterocycles. The number of ketones is 1. The van der Waals surface area contributed by atoms with Crippen LogP contribution in [0, 0.1) is 40.4 Å². The Balaban J connectivity index is 1.61. The first kappa shape index (κ1) is 16.1. The van der Waals surface area contributed by atoms with Gasteiger partial charge in [0, 0.05) is 5.92 Å². The molecule has 1 nitrogen and oxygen atoms in total. The predicted molar refractivity (Wildman–Crippen MR) is 90.8 cm³/mol. The Morgan fingerprint density at radius 2 is 1.61 bits per heavy atom. The Kier molecular flexibility index (Phi) is 3.71. The van der Waals surface area contributed by atoms with Gasteiger partial charge >= 0.3 is 0 Å². The second-order valence-corrected chi connectivity index (χ2v) is 9.81. The molecule has 0 radical (unpaired) electrons. The molecular formula is C21H33FO. The minimum atomic E-state index is -0.549. The highest BCUT2D eigenvalue weighted by Crippen LogP contribution is 2.67. The molecule has 3 unspecified atom stereocenters. The number of carbonyl (C=O) groups is 1. The summed E-state index contributed by atoms with van der Waals surface area (Å²) in [6, 6.07) is 0. The topological polar surface area (TPSA) is 17.1 Å². The number of carbonyl (C=O) groups excluding carboxylic acids is 1. The Morgan fingerprint density at radius 3 is 2.35 bits per heavy atom. The highest BCUT2D eigenvalue weighted by molar-refractivity contribution is 5.79. The summed E-state index contributed by atoms with van der Waals surface area (Å²) < 4.78 is 13.9. The summed E-state index contributed by atoms with van der Waals surface area (Å²) in [5.41, 5.74) is 0.634. The van der Waals surface area contributed by atoms with E-state index in [0.717, 1.165) is 43.4 Å². The van der Waals surface area contributed by atoms with E-state index in [1.807, 2.05) is 6.92 Å². The van der Waals surface area contributed by atoms with Gasteiger partial charge in [0.05, 0.1) is 0 Å². The van der Waals surface area contributed by atoms with Crippen molar-refractivity contribution >= 4 is 5.78 Å². The summed E-state index contributed by atoms with van der Waals surface area (Å²) >= 11 is 0. The summed E-state index contributed by atoms with van der Waals surface area (Å²) in [4.78, 5) is 12.2. The number of halogens is 1. The van der Waals surface area contributed by atoms with Gasteiger partial charge in [-0.15, -0.1) is 0 Å². The maximum absolute atomic E-state index is 13.9. The van der Waals surface area contributed by atoms with Crippen LogP contribution in [0.2, 0.25) is 0 Å². The van der Waals surface area contributed by atoms with Crippen LogP contribution < -0.4 is 0 Å². The van der Waals surface area contributed by atoms with E-state index in [9.17, 15) is 9.18 Å². The molecule has 0 aromatic rings. The monoisotopic (exact) mass is 320 g/mol. The highest BCUT2D eigenvalue weighted by atomic mass is 19.1. The van der Waals surface area contributed by atoms with E-state index in [4.69, 9.17) is 0 Å². The SMILES string of the molecule is CC(=O)[C@H]1CCC2C3CC[C@@H]4C[C@@H](F)CC[C@]4(C)C3CC[C@@]21C. The minimum Gasteiger partial charge on any atom is -0.300 e. The van der Waals surface area contributed by atoms with Gasteiger partial charge in [0.2, 0.25) is 0 Å². The van der Waals surface area contributed by atoms with Gasteiger partial charge in [-0.1, -0.05) is 13.8 Å². The van der Waals surface area contributed by atoms with Crippen LogP contribution in [-0.2, 0) is 4.79 Å². The lowest BCUT2D eigenvalue weighted by Crippen LogP contribution is -2.54. The lowest BCUT2D eigenvalue weighted by Gasteiger charge is -2.60. The molecule has 4 fully saturated rings. The second kappa shape index (κ2) is 5.30. The molecule has 0 heterocycles. The molecule has 4 saturated carbocycles. The number of fused-ring (bicyclic) bond motifs is 5. The molecule has 8 atom stereocenters. The van der Waals surface area contributed by atoms with Gasteiger partial charge in [-0.05, 0) is 99.2 Å². The molecule has 0 spiro atoms. The van der Waals surface area contributed by atoms with E-state index < -0.39 is 6.17 Å². The summed E-state index contributed by atoms with van der Waals surface area (Å²) in [7, 11) is 0. The lowest BCUT2D eigenvalue weighted by atomic mass is 9.44. The molecule has 4 rings (SSSR count). The van der Waals surface area contributed by atoms with E-state index in [-0.39, 0.29) is 5.41 Å². The number of alkyl halides is 1. The van der Waals surface area contributed by atoms with Crippen LogP contribution in [0.3, 0.4) is 0 Å². The fourth-order valence-corrected chi connectivity index (χ4v) is 7.87. The van der Waals surface area contributed by atoms with Crippen molar-refractivity contribution in [2.45, 2.75) is 84.7 Å². The quantitative estimate of drug-likeness (QED) is 0.617. The fraction of sp³-hybridized carbons (Fsp3) is 0.952. The van der Waals surface area contributed by atoms with E-state index in [1.165, 1.54) is 32.1 Å². The van der Waals surface area contributed by atoms with E-state index in [2.05, 4.69) is 13.8 Å². The Labute approximate surface area is 140 Å². The molecule has 0 N–H and O–H groups in total. The maximum Gasteiger partial charge on any atom is 0.133 e.